The molecular formula is C16H19N3O. The van der Waals surface area contributed by atoms with Gasteiger partial charge in [-0.1, -0.05) is 29.8 Å². The third-order valence-corrected chi connectivity index (χ3v) is 3.06. The zero-order valence-electron chi connectivity index (χ0n) is 12.1. The SMILES string of the molecule is Cc1ccc(CN(C)C(=O)/C=C/c2cnn(C)c2)cc1. The van der Waals surface area contributed by atoms with Crippen LogP contribution >= 0.6 is 0 Å². The van der Waals surface area contributed by atoms with Gasteiger partial charge in [-0.3, -0.25) is 9.48 Å². The van der Waals surface area contributed by atoms with E-state index in [1.54, 1.807) is 35.0 Å². The molecule has 2 aromatic rings. The van der Waals surface area contributed by atoms with Gasteiger partial charge < -0.3 is 4.90 Å². The van der Waals surface area contributed by atoms with Gasteiger partial charge in [0.15, 0.2) is 0 Å². The van der Waals surface area contributed by atoms with E-state index >= 15 is 0 Å². The molecule has 0 N–H and O–H groups in total. The highest BCUT2D eigenvalue weighted by atomic mass is 16.2. The molecule has 1 aromatic heterocycles. The van der Waals surface area contributed by atoms with Crippen LogP contribution in [0.5, 0.6) is 0 Å². The summed E-state index contributed by atoms with van der Waals surface area (Å²) in [5.41, 5.74) is 3.27. The number of carbonyl (C=O) groups excluding carboxylic acids is 1. The number of nitrogens with zero attached hydrogens (tertiary/aromatic N) is 3. The van der Waals surface area contributed by atoms with Crippen LogP contribution in [0.1, 0.15) is 16.7 Å². The van der Waals surface area contributed by atoms with Crippen molar-refractivity contribution in [1.82, 2.24) is 14.7 Å². The van der Waals surface area contributed by atoms with E-state index in [9.17, 15) is 4.79 Å². The molecule has 0 unspecified atom stereocenters. The van der Waals surface area contributed by atoms with Crippen LogP contribution in [-0.4, -0.2) is 27.6 Å². The van der Waals surface area contributed by atoms with Crippen molar-refractivity contribution in [3.8, 4) is 0 Å². The van der Waals surface area contributed by atoms with Crippen LogP contribution in [0.2, 0.25) is 0 Å². The van der Waals surface area contributed by atoms with E-state index in [1.807, 2.05) is 25.4 Å². The molecule has 1 heterocycles. The molecule has 0 aliphatic heterocycles. The number of likely N-dealkylation sites (N-methyl/N-ethyl adjacent to an activating group) is 1. The number of amides is 1. The second-order valence-corrected chi connectivity index (χ2v) is 4.96. The highest BCUT2D eigenvalue weighted by molar-refractivity contribution is 5.91. The maximum absolute atomic E-state index is 12.0. The van der Waals surface area contributed by atoms with Gasteiger partial charge in [0.05, 0.1) is 6.20 Å². The summed E-state index contributed by atoms with van der Waals surface area (Å²) in [6, 6.07) is 8.20. The summed E-state index contributed by atoms with van der Waals surface area (Å²) in [7, 11) is 3.65. The summed E-state index contributed by atoms with van der Waals surface area (Å²) < 4.78 is 1.71. The van der Waals surface area contributed by atoms with Crippen molar-refractivity contribution in [1.29, 1.82) is 0 Å². The third kappa shape index (κ3) is 3.82. The molecule has 0 spiro atoms. The Morgan fingerprint density at radius 2 is 2.05 bits per heavy atom. The maximum atomic E-state index is 12.0. The van der Waals surface area contributed by atoms with Gasteiger partial charge in [0.2, 0.25) is 5.91 Å². The van der Waals surface area contributed by atoms with E-state index in [0.717, 1.165) is 11.1 Å². The van der Waals surface area contributed by atoms with E-state index in [1.165, 1.54) is 5.56 Å². The third-order valence-electron chi connectivity index (χ3n) is 3.06. The van der Waals surface area contributed by atoms with E-state index in [-0.39, 0.29) is 5.91 Å². The predicted octanol–water partition coefficient (Wildman–Crippen LogP) is 2.40. The van der Waals surface area contributed by atoms with Crippen molar-refractivity contribution in [2.24, 2.45) is 7.05 Å². The molecule has 0 bridgehead atoms. The Balaban J connectivity index is 1.95. The normalized spacial score (nSPS) is 10.9. The largest absolute Gasteiger partial charge is 0.338 e. The van der Waals surface area contributed by atoms with Gasteiger partial charge in [-0.05, 0) is 18.6 Å². The fraction of sp³-hybridized carbons (Fsp3) is 0.250. The maximum Gasteiger partial charge on any atom is 0.246 e. The highest BCUT2D eigenvalue weighted by Crippen LogP contribution is 2.07. The Hall–Kier alpha value is -2.36. The number of benzene rings is 1. The number of aryl methyl sites for hydroxylation is 2. The number of rotatable bonds is 4. The van der Waals surface area contributed by atoms with Crippen LogP contribution in [0.15, 0.2) is 42.7 Å². The van der Waals surface area contributed by atoms with Crippen molar-refractivity contribution < 1.29 is 4.79 Å². The second-order valence-electron chi connectivity index (χ2n) is 4.96. The lowest BCUT2D eigenvalue weighted by Crippen LogP contribution is -2.24. The minimum Gasteiger partial charge on any atom is -0.338 e. The zero-order valence-corrected chi connectivity index (χ0v) is 12.1. The van der Waals surface area contributed by atoms with Gasteiger partial charge in [-0.25, -0.2) is 0 Å². The van der Waals surface area contributed by atoms with Gasteiger partial charge in [0.1, 0.15) is 0 Å². The zero-order chi connectivity index (χ0) is 14.5. The number of hydrogen-bond acceptors (Lipinski definition) is 2. The molecular weight excluding hydrogens is 250 g/mol. The molecule has 0 radical (unpaired) electrons. The predicted molar refractivity (Wildman–Crippen MR) is 79.9 cm³/mol. The molecule has 0 saturated carbocycles. The summed E-state index contributed by atoms with van der Waals surface area (Å²) >= 11 is 0. The molecule has 20 heavy (non-hydrogen) atoms. The fourth-order valence-electron chi connectivity index (χ4n) is 1.87. The van der Waals surface area contributed by atoms with Gasteiger partial charge in [-0.2, -0.15) is 5.10 Å². The molecule has 0 saturated heterocycles. The summed E-state index contributed by atoms with van der Waals surface area (Å²) in [5, 5.41) is 4.06. The molecule has 104 valence electrons. The summed E-state index contributed by atoms with van der Waals surface area (Å²) in [6.45, 7) is 2.66. The van der Waals surface area contributed by atoms with Crippen LogP contribution in [0.25, 0.3) is 6.08 Å². The Labute approximate surface area is 119 Å². The molecule has 1 aromatic carbocycles. The first kappa shape index (κ1) is 14.1. The Morgan fingerprint density at radius 1 is 1.35 bits per heavy atom. The van der Waals surface area contributed by atoms with Crippen molar-refractivity contribution in [2.75, 3.05) is 7.05 Å². The number of aromatic nitrogens is 2. The lowest BCUT2D eigenvalue weighted by molar-refractivity contribution is -0.125. The van der Waals surface area contributed by atoms with Crippen LogP contribution in [0.4, 0.5) is 0 Å². The van der Waals surface area contributed by atoms with Gasteiger partial charge in [0, 0.05) is 38.5 Å². The highest BCUT2D eigenvalue weighted by Gasteiger charge is 2.05. The molecule has 0 atom stereocenters. The van der Waals surface area contributed by atoms with Crippen molar-refractivity contribution in [3.05, 3.63) is 59.4 Å². The molecule has 4 nitrogen and oxygen atoms in total. The minimum atomic E-state index is -0.0190. The average molecular weight is 269 g/mol. The molecule has 1 amide bonds. The van der Waals surface area contributed by atoms with Crippen LogP contribution in [-0.2, 0) is 18.4 Å². The monoisotopic (exact) mass is 269 g/mol. The lowest BCUT2D eigenvalue weighted by atomic mass is 10.1. The standard InChI is InChI=1S/C16H19N3O/c1-13-4-6-14(7-5-13)11-18(2)16(20)9-8-15-10-17-19(3)12-15/h4-10,12H,11H2,1-3H3/b9-8+. The molecule has 0 aliphatic carbocycles. The van der Waals surface area contributed by atoms with E-state index in [2.05, 4.69) is 24.2 Å². The number of carbonyl (C=O) groups is 1. The quantitative estimate of drug-likeness (QED) is 0.799. The first-order valence-corrected chi connectivity index (χ1v) is 6.52. The first-order chi connectivity index (χ1) is 9.54. The Morgan fingerprint density at radius 3 is 2.65 bits per heavy atom. The Kier molecular flexibility index (Phi) is 4.35. The Bertz CT molecular complexity index is 611. The van der Waals surface area contributed by atoms with Crippen molar-refractivity contribution in [3.63, 3.8) is 0 Å². The van der Waals surface area contributed by atoms with Gasteiger partial charge in [0.25, 0.3) is 0 Å². The molecule has 2 rings (SSSR count). The molecule has 4 heteroatoms. The van der Waals surface area contributed by atoms with Crippen molar-refractivity contribution in [2.45, 2.75) is 13.5 Å². The van der Waals surface area contributed by atoms with Gasteiger partial charge >= 0.3 is 0 Å². The van der Waals surface area contributed by atoms with Crippen molar-refractivity contribution >= 4 is 12.0 Å². The lowest BCUT2D eigenvalue weighted by Gasteiger charge is -2.15. The smallest absolute Gasteiger partial charge is 0.246 e. The van der Waals surface area contributed by atoms with E-state index in [4.69, 9.17) is 0 Å². The first-order valence-electron chi connectivity index (χ1n) is 6.52. The van der Waals surface area contributed by atoms with E-state index < -0.39 is 0 Å². The molecule has 0 fully saturated rings. The van der Waals surface area contributed by atoms with Crippen LogP contribution in [0.3, 0.4) is 0 Å². The van der Waals surface area contributed by atoms with Crippen LogP contribution in [0, 0.1) is 6.92 Å². The van der Waals surface area contributed by atoms with Crippen LogP contribution < -0.4 is 0 Å². The minimum absolute atomic E-state index is 0.0190. The average Bonchev–Trinajstić information content (AvgIpc) is 2.84. The topological polar surface area (TPSA) is 38.1 Å². The number of hydrogen-bond donors (Lipinski definition) is 0. The van der Waals surface area contributed by atoms with E-state index in [0.29, 0.717) is 6.54 Å². The summed E-state index contributed by atoms with van der Waals surface area (Å²) in [4.78, 5) is 13.7. The second kappa shape index (κ2) is 6.19. The summed E-state index contributed by atoms with van der Waals surface area (Å²) in [6.07, 6.45) is 6.94. The van der Waals surface area contributed by atoms with Gasteiger partial charge in [-0.15, -0.1) is 0 Å². The fourth-order valence-corrected chi connectivity index (χ4v) is 1.87. The molecule has 0 aliphatic rings. The summed E-state index contributed by atoms with van der Waals surface area (Å²) in [5.74, 6) is -0.0190.